The molecule has 3 N–H and O–H groups in total. The van der Waals surface area contributed by atoms with E-state index in [9.17, 15) is 14.4 Å². The quantitative estimate of drug-likeness (QED) is 0.522. The molecule has 1 saturated carbocycles. The fraction of sp³-hybridized carbons (Fsp3) is 0.444. The third kappa shape index (κ3) is 7.17. The molecule has 176 valence electrons. The Bertz CT molecular complexity index is 946. The van der Waals surface area contributed by atoms with Gasteiger partial charge in [0.05, 0.1) is 5.92 Å². The minimum absolute atomic E-state index is 0.0467. The van der Waals surface area contributed by atoms with Gasteiger partial charge < -0.3 is 5.32 Å². The molecule has 33 heavy (non-hydrogen) atoms. The van der Waals surface area contributed by atoms with Gasteiger partial charge >= 0.3 is 0 Å². The number of hydrogen-bond donors (Lipinski definition) is 3. The maximum atomic E-state index is 12.5. The topological polar surface area (TPSA) is 87.3 Å². The molecule has 0 saturated heterocycles. The van der Waals surface area contributed by atoms with Gasteiger partial charge in [-0.05, 0) is 67.5 Å². The van der Waals surface area contributed by atoms with Crippen molar-refractivity contribution in [3.63, 3.8) is 0 Å². The Kier molecular flexibility index (Phi) is 8.64. The average Bonchev–Trinajstić information content (AvgIpc) is 2.83. The fourth-order valence-corrected chi connectivity index (χ4v) is 4.18. The summed E-state index contributed by atoms with van der Waals surface area (Å²) in [7, 11) is 0. The molecule has 0 spiro atoms. The van der Waals surface area contributed by atoms with Crippen molar-refractivity contribution in [2.24, 2.45) is 11.8 Å². The number of carbonyl (C=O) groups is 3. The average molecular weight is 450 g/mol. The lowest BCUT2D eigenvalue weighted by Gasteiger charge is -2.20. The molecule has 6 nitrogen and oxygen atoms in total. The standard InChI is InChI=1S/C27H35N3O3/c1-18(2)17-20-9-11-21(12-10-20)19(3)25(31)29-30-27(33)23-13-15-24(16-14-23)28-26(32)22-7-5-4-6-8-22/h9-16,18-19,22H,4-8,17H2,1-3H3,(H,28,32)(H,29,31)(H,30,33). The molecule has 2 aromatic rings. The van der Waals surface area contributed by atoms with Crippen LogP contribution in [0.5, 0.6) is 0 Å². The molecule has 0 aliphatic heterocycles. The van der Waals surface area contributed by atoms with Gasteiger partial charge in [-0.15, -0.1) is 0 Å². The van der Waals surface area contributed by atoms with Gasteiger partial charge in [-0.1, -0.05) is 57.4 Å². The zero-order valence-electron chi connectivity index (χ0n) is 19.8. The van der Waals surface area contributed by atoms with Gasteiger partial charge in [-0.3, -0.25) is 25.2 Å². The first-order valence-corrected chi connectivity index (χ1v) is 11.9. The maximum absolute atomic E-state index is 12.5. The van der Waals surface area contributed by atoms with Crippen molar-refractivity contribution in [3.8, 4) is 0 Å². The molecule has 2 aromatic carbocycles. The predicted octanol–water partition coefficient (Wildman–Crippen LogP) is 4.97. The molecule has 0 bridgehead atoms. The van der Waals surface area contributed by atoms with Gasteiger partial charge in [-0.25, -0.2) is 0 Å². The van der Waals surface area contributed by atoms with E-state index in [2.05, 4.69) is 30.0 Å². The molecule has 1 unspecified atom stereocenters. The van der Waals surface area contributed by atoms with E-state index in [-0.39, 0.29) is 17.7 Å². The molecule has 0 aromatic heterocycles. The van der Waals surface area contributed by atoms with Crippen molar-refractivity contribution in [1.82, 2.24) is 10.9 Å². The number of hydrogen-bond acceptors (Lipinski definition) is 3. The maximum Gasteiger partial charge on any atom is 0.269 e. The number of rotatable bonds is 7. The number of benzene rings is 2. The van der Waals surface area contributed by atoms with Gasteiger partial charge in [-0.2, -0.15) is 0 Å². The minimum atomic E-state index is -0.409. The summed E-state index contributed by atoms with van der Waals surface area (Å²) in [5, 5.41) is 2.93. The second-order valence-corrected chi connectivity index (χ2v) is 9.41. The first kappa shape index (κ1) is 24.5. The second-order valence-electron chi connectivity index (χ2n) is 9.41. The molecule has 0 heterocycles. The van der Waals surface area contributed by atoms with E-state index in [1.807, 2.05) is 31.2 Å². The summed E-state index contributed by atoms with van der Waals surface area (Å²) in [5.74, 6) is -0.384. The third-order valence-corrected chi connectivity index (χ3v) is 6.21. The van der Waals surface area contributed by atoms with Gasteiger partial charge in [0.15, 0.2) is 0 Å². The molecule has 1 aliphatic carbocycles. The Hall–Kier alpha value is -3.15. The highest BCUT2D eigenvalue weighted by Gasteiger charge is 2.21. The summed E-state index contributed by atoms with van der Waals surface area (Å²) in [6, 6.07) is 14.7. The van der Waals surface area contributed by atoms with Crippen LogP contribution in [0.4, 0.5) is 5.69 Å². The van der Waals surface area contributed by atoms with Crippen LogP contribution in [0.1, 0.15) is 80.3 Å². The molecular weight excluding hydrogens is 414 g/mol. The Labute approximate surface area is 196 Å². The van der Waals surface area contributed by atoms with Crippen LogP contribution < -0.4 is 16.2 Å². The van der Waals surface area contributed by atoms with E-state index >= 15 is 0 Å². The van der Waals surface area contributed by atoms with Gasteiger partial charge in [0.2, 0.25) is 11.8 Å². The van der Waals surface area contributed by atoms with Crippen LogP contribution >= 0.6 is 0 Å². The molecule has 3 amide bonds. The predicted molar refractivity (Wildman–Crippen MR) is 131 cm³/mol. The molecule has 3 rings (SSSR count). The van der Waals surface area contributed by atoms with Gasteiger partial charge in [0.25, 0.3) is 5.91 Å². The Balaban J connectivity index is 1.48. The van der Waals surface area contributed by atoms with Crippen LogP contribution in [0.25, 0.3) is 0 Å². The second kappa shape index (κ2) is 11.6. The summed E-state index contributed by atoms with van der Waals surface area (Å²) in [6.07, 6.45) is 6.28. The van der Waals surface area contributed by atoms with Crippen molar-refractivity contribution < 1.29 is 14.4 Å². The summed E-state index contributed by atoms with van der Waals surface area (Å²) >= 11 is 0. The Morgan fingerprint density at radius 2 is 1.48 bits per heavy atom. The van der Waals surface area contributed by atoms with Crippen LogP contribution in [-0.4, -0.2) is 17.7 Å². The lowest BCUT2D eigenvalue weighted by Crippen LogP contribution is -2.43. The third-order valence-electron chi connectivity index (χ3n) is 6.21. The molecule has 1 atom stereocenters. The molecule has 1 fully saturated rings. The lowest BCUT2D eigenvalue weighted by atomic mass is 9.88. The summed E-state index contributed by atoms with van der Waals surface area (Å²) < 4.78 is 0. The highest BCUT2D eigenvalue weighted by Crippen LogP contribution is 2.25. The zero-order chi connectivity index (χ0) is 23.8. The normalized spacial score (nSPS) is 15.0. The number of carbonyl (C=O) groups excluding carboxylic acids is 3. The van der Waals surface area contributed by atoms with E-state index in [4.69, 9.17) is 0 Å². The smallest absolute Gasteiger partial charge is 0.269 e. The van der Waals surface area contributed by atoms with Crippen LogP contribution in [0.15, 0.2) is 48.5 Å². The molecule has 6 heteroatoms. The number of anilines is 1. The highest BCUT2D eigenvalue weighted by atomic mass is 16.2. The number of nitrogens with one attached hydrogen (secondary N) is 3. The molecular formula is C27H35N3O3. The highest BCUT2D eigenvalue weighted by molar-refractivity contribution is 5.97. The minimum Gasteiger partial charge on any atom is -0.326 e. The Morgan fingerprint density at radius 1 is 0.848 bits per heavy atom. The van der Waals surface area contributed by atoms with E-state index in [0.29, 0.717) is 17.2 Å². The van der Waals surface area contributed by atoms with Crippen molar-refractivity contribution in [3.05, 3.63) is 65.2 Å². The van der Waals surface area contributed by atoms with Gasteiger partial charge in [0.1, 0.15) is 0 Å². The van der Waals surface area contributed by atoms with Gasteiger partial charge in [0, 0.05) is 17.2 Å². The summed E-state index contributed by atoms with van der Waals surface area (Å²) in [4.78, 5) is 37.3. The number of amides is 3. The van der Waals surface area contributed by atoms with E-state index in [1.165, 1.54) is 12.0 Å². The van der Waals surface area contributed by atoms with E-state index in [1.54, 1.807) is 24.3 Å². The van der Waals surface area contributed by atoms with Crippen molar-refractivity contribution in [2.75, 3.05) is 5.32 Å². The van der Waals surface area contributed by atoms with Crippen LogP contribution in [0.3, 0.4) is 0 Å². The summed E-state index contributed by atoms with van der Waals surface area (Å²) in [5.41, 5.74) is 8.19. The van der Waals surface area contributed by atoms with Crippen LogP contribution in [0, 0.1) is 11.8 Å². The van der Waals surface area contributed by atoms with E-state index in [0.717, 1.165) is 37.7 Å². The zero-order valence-corrected chi connectivity index (χ0v) is 19.8. The first-order chi connectivity index (χ1) is 15.8. The lowest BCUT2D eigenvalue weighted by molar-refractivity contribution is -0.123. The summed E-state index contributed by atoms with van der Waals surface area (Å²) in [6.45, 7) is 6.16. The largest absolute Gasteiger partial charge is 0.326 e. The van der Waals surface area contributed by atoms with Crippen LogP contribution in [0.2, 0.25) is 0 Å². The van der Waals surface area contributed by atoms with Crippen molar-refractivity contribution in [1.29, 1.82) is 0 Å². The number of hydrazine groups is 1. The van der Waals surface area contributed by atoms with Crippen LogP contribution in [-0.2, 0) is 16.0 Å². The fourth-order valence-electron chi connectivity index (χ4n) is 4.18. The van der Waals surface area contributed by atoms with E-state index < -0.39 is 11.8 Å². The molecule has 1 aliphatic rings. The van der Waals surface area contributed by atoms with Crippen molar-refractivity contribution >= 4 is 23.4 Å². The Morgan fingerprint density at radius 3 is 2.09 bits per heavy atom. The molecule has 0 radical (unpaired) electrons. The SMILES string of the molecule is CC(C)Cc1ccc(C(C)C(=O)NNC(=O)c2ccc(NC(=O)C3CCCCC3)cc2)cc1. The van der Waals surface area contributed by atoms with Crippen molar-refractivity contribution in [2.45, 2.75) is 65.2 Å². The monoisotopic (exact) mass is 449 g/mol. The first-order valence-electron chi connectivity index (χ1n) is 11.9.